The molecular formula is C9H8F3NO2. The van der Waals surface area contributed by atoms with E-state index in [0.717, 1.165) is 18.4 Å². The number of benzene rings is 1. The number of hydrogen-bond donors (Lipinski definition) is 2. The molecule has 0 amide bonds. The highest BCUT2D eigenvalue weighted by Crippen LogP contribution is 2.32. The fraction of sp³-hybridized carbons (Fsp3) is 0.222. The van der Waals surface area contributed by atoms with E-state index in [4.69, 9.17) is 15.5 Å². The monoisotopic (exact) mass is 219 g/mol. The normalized spacial score (nSPS) is 9.80. The van der Waals surface area contributed by atoms with E-state index in [-0.39, 0.29) is 5.75 Å². The molecule has 2 N–H and O–H groups in total. The summed E-state index contributed by atoms with van der Waals surface area (Å²) in [5, 5.41) is 22.7. The summed E-state index contributed by atoms with van der Waals surface area (Å²) in [7, 11) is 0. The van der Waals surface area contributed by atoms with Crippen LogP contribution in [0.4, 0.5) is 13.2 Å². The van der Waals surface area contributed by atoms with Crippen molar-refractivity contribution in [3.8, 4) is 12.0 Å². The molecule has 0 radical (unpaired) electrons. The van der Waals surface area contributed by atoms with Crippen molar-refractivity contribution in [2.75, 3.05) is 0 Å². The molecule has 0 saturated heterocycles. The van der Waals surface area contributed by atoms with Crippen molar-refractivity contribution >= 4 is 0 Å². The molecule has 0 atom stereocenters. The highest BCUT2D eigenvalue weighted by atomic mass is 19.4. The van der Waals surface area contributed by atoms with E-state index in [0.29, 0.717) is 5.56 Å². The molecule has 1 aromatic rings. The Morgan fingerprint density at radius 3 is 2.13 bits per heavy atom. The number of aliphatic hydroxyl groups is 1. The number of aromatic hydroxyl groups is 1. The van der Waals surface area contributed by atoms with E-state index in [2.05, 4.69) is 0 Å². The second-order valence-electron chi connectivity index (χ2n) is 2.60. The van der Waals surface area contributed by atoms with E-state index < -0.39 is 11.7 Å². The zero-order valence-corrected chi connectivity index (χ0v) is 7.71. The molecule has 0 aliphatic carbocycles. The summed E-state index contributed by atoms with van der Waals surface area (Å²) < 4.78 is 36.0. The van der Waals surface area contributed by atoms with Gasteiger partial charge in [-0.1, -0.05) is 6.07 Å². The molecule has 3 nitrogen and oxygen atoms in total. The summed E-state index contributed by atoms with van der Waals surface area (Å²) in [6.45, 7) is 1.54. The maximum Gasteiger partial charge on any atom is 0.416 e. The number of phenolic OH excluding ortho intramolecular Hbond substituents is 1. The van der Waals surface area contributed by atoms with E-state index >= 15 is 0 Å². The number of halogens is 3. The Balaban J connectivity index is 0.000000583. The van der Waals surface area contributed by atoms with Gasteiger partial charge in [0.1, 0.15) is 5.75 Å². The van der Waals surface area contributed by atoms with Gasteiger partial charge in [-0.05, 0) is 24.6 Å². The number of aryl methyl sites for hydroxylation is 1. The van der Waals surface area contributed by atoms with Crippen LogP contribution >= 0.6 is 0 Å². The molecule has 0 aromatic heterocycles. The zero-order chi connectivity index (χ0) is 12.1. The minimum Gasteiger partial charge on any atom is -0.508 e. The van der Waals surface area contributed by atoms with Gasteiger partial charge in [-0.25, -0.2) is 0 Å². The first kappa shape index (κ1) is 13.1. The SMILES string of the molecule is Cc1ccc(C(F)(F)F)cc1O.N#CO. The van der Waals surface area contributed by atoms with Crippen molar-refractivity contribution in [2.45, 2.75) is 13.1 Å². The lowest BCUT2D eigenvalue weighted by atomic mass is 10.1. The van der Waals surface area contributed by atoms with Crippen LogP contribution in [0.15, 0.2) is 18.2 Å². The van der Waals surface area contributed by atoms with Crippen molar-refractivity contribution in [1.82, 2.24) is 0 Å². The molecule has 0 aliphatic heterocycles. The highest BCUT2D eigenvalue weighted by Gasteiger charge is 2.30. The maximum atomic E-state index is 12.0. The second kappa shape index (κ2) is 5.10. The molecule has 6 heteroatoms. The third kappa shape index (κ3) is 4.22. The maximum absolute atomic E-state index is 12.0. The quantitative estimate of drug-likeness (QED) is 0.659. The number of phenols is 1. The van der Waals surface area contributed by atoms with E-state index in [1.54, 1.807) is 0 Å². The van der Waals surface area contributed by atoms with Crippen molar-refractivity contribution in [3.05, 3.63) is 29.3 Å². The highest BCUT2D eigenvalue weighted by molar-refractivity contribution is 5.36. The standard InChI is InChI=1S/C8H7F3O.CHNO/c1-5-2-3-6(4-7(5)12)8(9,10)11;2-1-3/h2-4,12H,1H3;3H. The molecule has 1 rings (SSSR count). The molecule has 0 heterocycles. The second-order valence-corrected chi connectivity index (χ2v) is 2.60. The number of nitriles is 1. The van der Waals surface area contributed by atoms with Gasteiger partial charge in [-0.3, -0.25) is 0 Å². The van der Waals surface area contributed by atoms with Crippen molar-refractivity contribution < 1.29 is 23.4 Å². The van der Waals surface area contributed by atoms with Gasteiger partial charge in [0.2, 0.25) is 0 Å². The summed E-state index contributed by atoms with van der Waals surface area (Å²) in [6, 6.07) is 2.89. The summed E-state index contributed by atoms with van der Waals surface area (Å²) in [5.74, 6) is -0.329. The molecule has 0 bridgehead atoms. The van der Waals surface area contributed by atoms with Gasteiger partial charge < -0.3 is 10.2 Å². The molecule has 0 aliphatic rings. The van der Waals surface area contributed by atoms with Gasteiger partial charge in [-0.15, -0.1) is 0 Å². The lowest BCUT2D eigenvalue weighted by Gasteiger charge is -2.07. The molecule has 1 aromatic carbocycles. The predicted molar refractivity (Wildman–Crippen MR) is 45.4 cm³/mol. The number of nitrogens with zero attached hydrogens (tertiary/aromatic N) is 1. The van der Waals surface area contributed by atoms with E-state index in [1.165, 1.54) is 13.0 Å². The van der Waals surface area contributed by atoms with Gasteiger partial charge in [0.05, 0.1) is 5.56 Å². The minimum absolute atomic E-state index is 0.329. The fourth-order valence-corrected chi connectivity index (χ4v) is 0.786. The van der Waals surface area contributed by atoms with Crippen LogP contribution in [0.5, 0.6) is 5.75 Å². The Morgan fingerprint density at radius 1 is 1.33 bits per heavy atom. The Labute approximate surface area is 84.0 Å². The summed E-state index contributed by atoms with van der Waals surface area (Å²) in [5.41, 5.74) is -0.395. The third-order valence-corrected chi connectivity index (χ3v) is 1.54. The summed E-state index contributed by atoms with van der Waals surface area (Å²) >= 11 is 0. The van der Waals surface area contributed by atoms with Crippen molar-refractivity contribution in [3.63, 3.8) is 0 Å². The topological polar surface area (TPSA) is 64.2 Å². The number of alkyl halides is 3. The van der Waals surface area contributed by atoms with Gasteiger partial charge in [-0.2, -0.15) is 18.4 Å². The molecule has 0 saturated carbocycles. The van der Waals surface area contributed by atoms with Crippen LogP contribution in [0.1, 0.15) is 11.1 Å². The lowest BCUT2D eigenvalue weighted by Crippen LogP contribution is -2.04. The number of hydrogen-bond acceptors (Lipinski definition) is 3. The van der Waals surface area contributed by atoms with Crippen LogP contribution in [-0.4, -0.2) is 10.2 Å². The van der Waals surface area contributed by atoms with Gasteiger partial charge in [0.25, 0.3) is 6.26 Å². The van der Waals surface area contributed by atoms with Crippen LogP contribution < -0.4 is 0 Å². The summed E-state index contributed by atoms with van der Waals surface area (Å²) in [4.78, 5) is 0. The smallest absolute Gasteiger partial charge is 0.416 e. The molecule has 0 spiro atoms. The van der Waals surface area contributed by atoms with Gasteiger partial charge in [0.15, 0.2) is 0 Å². The predicted octanol–water partition coefficient (Wildman–Crippen LogP) is 2.56. The zero-order valence-electron chi connectivity index (χ0n) is 7.71. The average molecular weight is 219 g/mol. The van der Waals surface area contributed by atoms with Gasteiger partial charge >= 0.3 is 6.18 Å². The van der Waals surface area contributed by atoms with Crippen molar-refractivity contribution in [1.29, 1.82) is 5.26 Å². The molecule has 0 fully saturated rings. The fourth-order valence-electron chi connectivity index (χ4n) is 0.786. The Morgan fingerprint density at radius 2 is 1.80 bits per heavy atom. The first-order chi connectivity index (χ1) is 6.82. The van der Waals surface area contributed by atoms with E-state index in [1.807, 2.05) is 0 Å². The van der Waals surface area contributed by atoms with Crippen molar-refractivity contribution in [2.24, 2.45) is 0 Å². The largest absolute Gasteiger partial charge is 0.508 e. The Bertz CT molecular complexity index is 369. The van der Waals surface area contributed by atoms with Crippen LogP contribution in [0.3, 0.4) is 0 Å². The van der Waals surface area contributed by atoms with E-state index in [9.17, 15) is 13.2 Å². The first-order valence-corrected chi connectivity index (χ1v) is 3.73. The van der Waals surface area contributed by atoms with Crippen LogP contribution in [0.2, 0.25) is 0 Å². The molecule has 15 heavy (non-hydrogen) atoms. The Hall–Kier alpha value is -1.90. The average Bonchev–Trinajstić information content (AvgIpc) is 2.09. The summed E-state index contributed by atoms with van der Waals surface area (Å²) in [6.07, 6.45) is -3.63. The Kier molecular flexibility index (Phi) is 4.45. The van der Waals surface area contributed by atoms with Crippen LogP contribution in [-0.2, 0) is 6.18 Å². The number of rotatable bonds is 0. The molecule has 82 valence electrons. The third-order valence-electron chi connectivity index (χ3n) is 1.54. The lowest BCUT2D eigenvalue weighted by molar-refractivity contribution is -0.137. The van der Waals surface area contributed by atoms with Crippen LogP contribution in [0, 0.1) is 18.4 Å². The van der Waals surface area contributed by atoms with Gasteiger partial charge in [0, 0.05) is 0 Å². The number of aliphatic hydroxyl groups excluding tert-OH is 1. The first-order valence-electron chi connectivity index (χ1n) is 3.73. The molecule has 0 unspecified atom stereocenters. The minimum atomic E-state index is -4.38. The molecular weight excluding hydrogens is 211 g/mol. The van der Waals surface area contributed by atoms with Crippen LogP contribution in [0.25, 0.3) is 0 Å².